The molecule has 1 atom stereocenters. The first-order valence-electron chi connectivity index (χ1n) is 7.87. The Kier molecular flexibility index (Phi) is 4.75. The summed E-state index contributed by atoms with van der Waals surface area (Å²) in [5.41, 5.74) is -1.26. The van der Waals surface area contributed by atoms with E-state index in [-0.39, 0.29) is 23.1 Å². The largest absolute Gasteiger partial charge is 0.417 e. The van der Waals surface area contributed by atoms with E-state index in [0.717, 1.165) is 24.9 Å². The van der Waals surface area contributed by atoms with Crippen LogP contribution in [0.3, 0.4) is 0 Å². The van der Waals surface area contributed by atoms with Crippen LogP contribution in [0.2, 0.25) is 0 Å². The molecule has 1 amide bonds. The van der Waals surface area contributed by atoms with Crippen LogP contribution in [0.15, 0.2) is 24.7 Å². The molecule has 1 aliphatic heterocycles. The lowest BCUT2D eigenvalue weighted by Gasteiger charge is -2.33. The number of alkyl halides is 3. The van der Waals surface area contributed by atoms with Crippen LogP contribution >= 0.6 is 0 Å². The SMILES string of the molecule is C[C@@H](Nc1ncnc(-c2ccc(C(F)(F)F)cn2)c1F)C(=O)N1CCC1. The van der Waals surface area contributed by atoms with Crippen molar-refractivity contribution in [3.63, 3.8) is 0 Å². The van der Waals surface area contributed by atoms with E-state index in [1.807, 2.05) is 0 Å². The van der Waals surface area contributed by atoms with Crippen molar-refractivity contribution < 1.29 is 22.4 Å². The number of carbonyl (C=O) groups excluding carboxylic acids is 1. The molecule has 1 N–H and O–H groups in total. The number of hydrogen-bond donors (Lipinski definition) is 1. The average Bonchev–Trinajstić information content (AvgIpc) is 2.54. The molecule has 6 nitrogen and oxygen atoms in total. The molecule has 3 rings (SSSR count). The minimum Gasteiger partial charge on any atom is -0.356 e. The lowest BCUT2D eigenvalue weighted by atomic mass is 10.1. The van der Waals surface area contributed by atoms with Gasteiger partial charge < -0.3 is 10.2 Å². The summed E-state index contributed by atoms with van der Waals surface area (Å²) >= 11 is 0. The van der Waals surface area contributed by atoms with E-state index in [9.17, 15) is 22.4 Å². The number of nitrogens with one attached hydrogen (secondary N) is 1. The molecular formula is C16H15F4N5O. The van der Waals surface area contributed by atoms with E-state index in [2.05, 4.69) is 20.3 Å². The average molecular weight is 369 g/mol. The molecule has 2 aromatic rings. The molecule has 0 bridgehead atoms. The topological polar surface area (TPSA) is 71.0 Å². The van der Waals surface area contributed by atoms with Gasteiger partial charge in [0.2, 0.25) is 5.91 Å². The Labute approximate surface area is 146 Å². The molecule has 0 unspecified atom stereocenters. The van der Waals surface area contributed by atoms with Crippen LogP contribution in [0.25, 0.3) is 11.4 Å². The quantitative estimate of drug-likeness (QED) is 0.840. The fourth-order valence-electron chi connectivity index (χ4n) is 2.43. The van der Waals surface area contributed by atoms with Crippen molar-refractivity contribution in [3.8, 4) is 11.4 Å². The summed E-state index contributed by atoms with van der Waals surface area (Å²) < 4.78 is 52.4. The fraction of sp³-hybridized carbons (Fsp3) is 0.375. The molecule has 0 aromatic carbocycles. The molecule has 0 aliphatic carbocycles. The molecule has 10 heteroatoms. The predicted octanol–water partition coefficient (Wildman–Crippen LogP) is 2.73. The summed E-state index contributed by atoms with van der Waals surface area (Å²) in [5, 5.41) is 2.68. The smallest absolute Gasteiger partial charge is 0.356 e. The Bertz CT molecular complexity index is 805. The number of halogens is 4. The highest BCUT2D eigenvalue weighted by molar-refractivity contribution is 5.84. The summed E-state index contributed by atoms with van der Waals surface area (Å²) in [6.45, 7) is 2.91. The number of nitrogens with zero attached hydrogens (tertiary/aromatic N) is 4. The van der Waals surface area contributed by atoms with Gasteiger partial charge in [-0.05, 0) is 25.5 Å². The molecule has 1 saturated heterocycles. The Hall–Kier alpha value is -2.78. The molecule has 0 spiro atoms. The minimum absolute atomic E-state index is 0.0670. The van der Waals surface area contributed by atoms with Crippen LogP contribution in [0.4, 0.5) is 23.4 Å². The third-order valence-corrected chi connectivity index (χ3v) is 4.01. The first kappa shape index (κ1) is 18.0. The van der Waals surface area contributed by atoms with Gasteiger partial charge in [0.05, 0.1) is 11.3 Å². The number of anilines is 1. The van der Waals surface area contributed by atoms with Crippen molar-refractivity contribution in [2.24, 2.45) is 0 Å². The lowest BCUT2D eigenvalue weighted by Crippen LogP contribution is -2.48. The zero-order chi connectivity index (χ0) is 18.9. The maximum Gasteiger partial charge on any atom is 0.417 e. The van der Waals surface area contributed by atoms with Crippen LogP contribution in [0.5, 0.6) is 0 Å². The van der Waals surface area contributed by atoms with E-state index in [1.165, 1.54) is 0 Å². The van der Waals surface area contributed by atoms with Gasteiger partial charge in [0.15, 0.2) is 11.6 Å². The third kappa shape index (κ3) is 3.58. The Balaban J connectivity index is 1.81. The summed E-state index contributed by atoms with van der Waals surface area (Å²) in [6, 6.07) is 1.13. The van der Waals surface area contributed by atoms with Crippen molar-refractivity contribution in [2.75, 3.05) is 18.4 Å². The van der Waals surface area contributed by atoms with Crippen molar-refractivity contribution in [3.05, 3.63) is 36.0 Å². The fourth-order valence-corrected chi connectivity index (χ4v) is 2.43. The van der Waals surface area contributed by atoms with Crippen LogP contribution in [0, 0.1) is 5.82 Å². The zero-order valence-electron chi connectivity index (χ0n) is 13.7. The molecule has 3 heterocycles. The second-order valence-electron chi connectivity index (χ2n) is 5.86. The van der Waals surface area contributed by atoms with Gasteiger partial charge in [0.25, 0.3) is 0 Å². The number of amides is 1. The minimum atomic E-state index is -4.53. The monoisotopic (exact) mass is 369 g/mol. The number of aromatic nitrogens is 3. The van der Waals surface area contributed by atoms with E-state index in [4.69, 9.17) is 0 Å². The van der Waals surface area contributed by atoms with Crippen molar-refractivity contribution >= 4 is 11.7 Å². The highest BCUT2D eigenvalue weighted by Gasteiger charge is 2.31. The molecule has 26 heavy (non-hydrogen) atoms. The normalized spacial score (nSPS) is 15.3. The van der Waals surface area contributed by atoms with E-state index < -0.39 is 23.6 Å². The van der Waals surface area contributed by atoms with Crippen LogP contribution in [-0.4, -0.2) is 44.9 Å². The second-order valence-corrected chi connectivity index (χ2v) is 5.86. The van der Waals surface area contributed by atoms with Gasteiger partial charge in [-0.1, -0.05) is 0 Å². The number of pyridine rings is 1. The molecular weight excluding hydrogens is 354 g/mol. The van der Waals surface area contributed by atoms with Crippen molar-refractivity contribution in [1.82, 2.24) is 19.9 Å². The Morgan fingerprint density at radius 1 is 1.23 bits per heavy atom. The molecule has 1 aliphatic rings. The number of likely N-dealkylation sites (tertiary alicyclic amines) is 1. The standard InChI is InChI=1S/C16H15F4N5O/c1-9(15(26)25-5-2-6-25)24-14-12(17)13(22-8-23-14)11-4-3-10(7-21-11)16(18,19)20/h3-4,7-9H,2,5-6H2,1H3,(H,22,23,24)/t9-/m1/s1. The lowest BCUT2D eigenvalue weighted by molar-refractivity contribution is -0.138. The maximum atomic E-state index is 14.6. The highest BCUT2D eigenvalue weighted by Crippen LogP contribution is 2.30. The molecule has 0 saturated carbocycles. The Morgan fingerprint density at radius 2 is 1.96 bits per heavy atom. The summed E-state index contributed by atoms with van der Waals surface area (Å²) in [4.78, 5) is 24.9. The maximum absolute atomic E-state index is 14.6. The molecule has 2 aromatic heterocycles. The van der Waals surface area contributed by atoms with Gasteiger partial charge in [0.1, 0.15) is 18.1 Å². The van der Waals surface area contributed by atoms with E-state index in [0.29, 0.717) is 19.3 Å². The second kappa shape index (κ2) is 6.85. The van der Waals surface area contributed by atoms with Crippen molar-refractivity contribution in [2.45, 2.75) is 25.6 Å². The summed E-state index contributed by atoms with van der Waals surface area (Å²) in [6.07, 6.45) is -1.93. The summed E-state index contributed by atoms with van der Waals surface area (Å²) in [7, 11) is 0. The van der Waals surface area contributed by atoms with Gasteiger partial charge in [-0.3, -0.25) is 9.78 Å². The number of rotatable bonds is 4. The van der Waals surface area contributed by atoms with Crippen LogP contribution < -0.4 is 5.32 Å². The van der Waals surface area contributed by atoms with Gasteiger partial charge in [-0.15, -0.1) is 0 Å². The number of hydrogen-bond acceptors (Lipinski definition) is 5. The third-order valence-electron chi connectivity index (χ3n) is 4.01. The predicted molar refractivity (Wildman–Crippen MR) is 84.5 cm³/mol. The van der Waals surface area contributed by atoms with Crippen LogP contribution in [0.1, 0.15) is 18.9 Å². The first-order chi connectivity index (χ1) is 12.3. The zero-order valence-corrected chi connectivity index (χ0v) is 13.7. The highest BCUT2D eigenvalue weighted by atomic mass is 19.4. The van der Waals surface area contributed by atoms with Gasteiger partial charge in [0, 0.05) is 19.3 Å². The van der Waals surface area contributed by atoms with E-state index in [1.54, 1.807) is 11.8 Å². The van der Waals surface area contributed by atoms with Crippen molar-refractivity contribution in [1.29, 1.82) is 0 Å². The summed E-state index contributed by atoms with van der Waals surface area (Å²) in [5.74, 6) is -1.27. The first-order valence-corrected chi connectivity index (χ1v) is 7.87. The van der Waals surface area contributed by atoms with Gasteiger partial charge in [-0.25, -0.2) is 14.4 Å². The number of carbonyl (C=O) groups is 1. The van der Waals surface area contributed by atoms with Gasteiger partial charge >= 0.3 is 6.18 Å². The molecule has 0 radical (unpaired) electrons. The van der Waals surface area contributed by atoms with Gasteiger partial charge in [-0.2, -0.15) is 13.2 Å². The molecule has 138 valence electrons. The van der Waals surface area contributed by atoms with E-state index >= 15 is 0 Å². The Morgan fingerprint density at radius 3 is 2.50 bits per heavy atom. The molecule has 1 fully saturated rings. The van der Waals surface area contributed by atoms with Crippen LogP contribution in [-0.2, 0) is 11.0 Å².